The lowest BCUT2D eigenvalue weighted by Gasteiger charge is -2.36. The molecule has 7 heteroatoms. The number of guanidine groups is 1. The fourth-order valence-corrected chi connectivity index (χ4v) is 6.18. The first kappa shape index (κ1) is 22.7. The summed E-state index contributed by atoms with van der Waals surface area (Å²) in [4.78, 5) is 21.6. The molecule has 3 rings (SSSR count). The van der Waals surface area contributed by atoms with Gasteiger partial charge in [0.15, 0.2) is 5.96 Å². The smallest absolute Gasteiger partial charge is 0.225 e. The van der Waals surface area contributed by atoms with E-state index in [0.29, 0.717) is 17.9 Å². The van der Waals surface area contributed by atoms with Gasteiger partial charge in [-0.2, -0.15) is 11.8 Å². The minimum atomic E-state index is 0.313. The number of nitrogens with zero attached hydrogens (tertiary/aromatic N) is 3. The molecule has 166 valence electrons. The van der Waals surface area contributed by atoms with E-state index in [0.717, 1.165) is 63.3 Å². The van der Waals surface area contributed by atoms with Gasteiger partial charge in [-0.1, -0.05) is 26.2 Å². The molecule has 1 heterocycles. The molecule has 0 aromatic carbocycles. The third kappa shape index (κ3) is 7.06. The second-order valence-electron chi connectivity index (χ2n) is 8.73. The standard InChI is InChI=1S/C22H41N5OS/c1-3-29-20-10-6-9-19(17-20)25-22(23-2)24-11-12-26-13-15-27(16-14-26)21(28)18-7-4-5-8-18/h18-20H,3-17H2,1-2H3,(H2,23,24,25). The van der Waals surface area contributed by atoms with Crippen LogP contribution in [0.4, 0.5) is 0 Å². The van der Waals surface area contributed by atoms with Crippen molar-refractivity contribution in [3.8, 4) is 0 Å². The van der Waals surface area contributed by atoms with Gasteiger partial charge in [0, 0.05) is 63.5 Å². The zero-order chi connectivity index (χ0) is 20.5. The van der Waals surface area contributed by atoms with Crippen LogP contribution in [-0.2, 0) is 4.79 Å². The monoisotopic (exact) mass is 423 g/mol. The van der Waals surface area contributed by atoms with E-state index in [1.165, 1.54) is 44.3 Å². The van der Waals surface area contributed by atoms with Crippen LogP contribution in [0, 0.1) is 5.92 Å². The zero-order valence-electron chi connectivity index (χ0n) is 18.5. The van der Waals surface area contributed by atoms with Crippen molar-refractivity contribution in [1.29, 1.82) is 0 Å². The predicted molar refractivity (Wildman–Crippen MR) is 124 cm³/mol. The highest BCUT2D eigenvalue weighted by atomic mass is 32.2. The van der Waals surface area contributed by atoms with Crippen LogP contribution in [0.15, 0.2) is 4.99 Å². The summed E-state index contributed by atoms with van der Waals surface area (Å²) in [5.41, 5.74) is 0. The van der Waals surface area contributed by atoms with E-state index in [9.17, 15) is 4.79 Å². The number of hydrogen-bond acceptors (Lipinski definition) is 4. The van der Waals surface area contributed by atoms with E-state index >= 15 is 0 Å². The van der Waals surface area contributed by atoms with E-state index in [-0.39, 0.29) is 0 Å². The maximum atomic E-state index is 12.6. The van der Waals surface area contributed by atoms with Gasteiger partial charge in [-0.3, -0.25) is 14.7 Å². The van der Waals surface area contributed by atoms with Crippen LogP contribution in [0.25, 0.3) is 0 Å². The van der Waals surface area contributed by atoms with Crippen molar-refractivity contribution >= 4 is 23.6 Å². The lowest BCUT2D eigenvalue weighted by atomic mass is 9.95. The molecule has 2 N–H and O–H groups in total. The summed E-state index contributed by atoms with van der Waals surface area (Å²) in [6.45, 7) is 7.92. The molecule has 1 saturated heterocycles. The predicted octanol–water partition coefficient (Wildman–Crippen LogP) is 2.55. The van der Waals surface area contributed by atoms with Crippen molar-refractivity contribution in [2.45, 2.75) is 69.6 Å². The maximum Gasteiger partial charge on any atom is 0.225 e. The van der Waals surface area contributed by atoms with Crippen molar-refractivity contribution in [2.75, 3.05) is 52.1 Å². The van der Waals surface area contributed by atoms with E-state index in [2.05, 4.69) is 44.1 Å². The van der Waals surface area contributed by atoms with Crippen LogP contribution in [-0.4, -0.2) is 85.0 Å². The molecule has 0 spiro atoms. The second kappa shape index (κ2) is 12.0. The summed E-state index contributed by atoms with van der Waals surface area (Å²) >= 11 is 2.10. The summed E-state index contributed by atoms with van der Waals surface area (Å²) in [6.07, 6.45) is 9.84. The van der Waals surface area contributed by atoms with Crippen molar-refractivity contribution in [3.63, 3.8) is 0 Å². The van der Waals surface area contributed by atoms with E-state index in [1.807, 2.05) is 7.05 Å². The zero-order valence-corrected chi connectivity index (χ0v) is 19.3. The average Bonchev–Trinajstić information content (AvgIpc) is 3.28. The molecule has 2 aliphatic carbocycles. The normalized spacial score (nSPS) is 27.2. The summed E-state index contributed by atoms with van der Waals surface area (Å²) < 4.78 is 0. The SMILES string of the molecule is CCSC1CCCC(NC(=NC)NCCN2CCN(C(=O)C3CCCC3)CC2)C1. The van der Waals surface area contributed by atoms with Crippen molar-refractivity contribution < 1.29 is 4.79 Å². The molecule has 6 nitrogen and oxygen atoms in total. The molecule has 29 heavy (non-hydrogen) atoms. The fraction of sp³-hybridized carbons (Fsp3) is 0.909. The molecule has 1 aliphatic heterocycles. The summed E-state index contributed by atoms with van der Waals surface area (Å²) in [6, 6.07) is 0.546. The van der Waals surface area contributed by atoms with Gasteiger partial charge in [0.05, 0.1) is 0 Å². The summed E-state index contributed by atoms with van der Waals surface area (Å²) in [5.74, 6) is 2.88. The lowest BCUT2D eigenvalue weighted by molar-refractivity contribution is -0.137. The maximum absolute atomic E-state index is 12.6. The Bertz CT molecular complexity index is 527. The van der Waals surface area contributed by atoms with Gasteiger partial charge in [0.25, 0.3) is 0 Å². The van der Waals surface area contributed by atoms with Crippen LogP contribution >= 0.6 is 11.8 Å². The van der Waals surface area contributed by atoms with E-state index < -0.39 is 0 Å². The molecule has 3 fully saturated rings. The Hall–Kier alpha value is -0.950. The molecular formula is C22H41N5OS. The first-order chi connectivity index (χ1) is 14.2. The van der Waals surface area contributed by atoms with Gasteiger partial charge in [0.1, 0.15) is 0 Å². The van der Waals surface area contributed by atoms with Gasteiger partial charge in [-0.15, -0.1) is 0 Å². The number of nitrogens with one attached hydrogen (secondary N) is 2. The third-order valence-electron chi connectivity index (χ3n) is 6.70. The number of carbonyl (C=O) groups excluding carboxylic acids is 1. The van der Waals surface area contributed by atoms with Crippen LogP contribution in [0.2, 0.25) is 0 Å². The van der Waals surface area contributed by atoms with Gasteiger partial charge in [-0.25, -0.2) is 0 Å². The minimum absolute atomic E-state index is 0.313. The second-order valence-corrected chi connectivity index (χ2v) is 10.3. The van der Waals surface area contributed by atoms with Crippen LogP contribution < -0.4 is 10.6 Å². The number of piperazine rings is 1. The third-order valence-corrected chi connectivity index (χ3v) is 7.93. The molecule has 3 aliphatic rings. The van der Waals surface area contributed by atoms with Crippen LogP contribution in [0.1, 0.15) is 58.3 Å². The summed E-state index contributed by atoms with van der Waals surface area (Å²) in [7, 11) is 1.86. The van der Waals surface area contributed by atoms with Crippen molar-refractivity contribution in [3.05, 3.63) is 0 Å². The Labute approximate surface area is 181 Å². The van der Waals surface area contributed by atoms with Gasteiger partial charge < -0.3 is 15.5 Å². The molecular weight excluding hydrogens is 382 g/mol. The average molecular weight is 424 g/mol. The fourth-order valence-electron chi connectivity index (χ4n) is 5.01. The van der Waals surface area contributed by atoms with Crippen molar-refractivity contribution in [1.82, 2.24) is 20.4 Å². The van der Waals surface area contributed by atoms with Gasteiger partial charge >= 0.3 is 0 Å². The van der Waals surface area contributed by atoms with Crippen LogP contribution in [0.5, 0.6) is 0 Å². The Morgan fingerprint density at radius 2 is 1.83 bits per heavy atom. The Balaban J connectivity index is 1.31. The number of aliphatic imine (C=N–C) groups is 1. The lowest BCUT2D eigenvalue weighted by Crippen LogP contribution is -2.52. The van der Waals surface area contributed by atoms with Gasteiger partial charge in [0.2, 0.25) is 5.91 Å². The quantitative estimate of drug-likeness (QED) is 0.487. The van der Waals surface area contributed by atoms with Crippen molar-refractivity contribution in [2.24, 2.45) is 10.9 Å². The molecule has 2 atom stereocenters. The molecule has 2 unspecified atom stereocenters. The summed E-state index contributed by atoms with van der Waals surface area (Å²) in [5, 5.41) is 7.94. The largest absolute Gasteiger partial charge is 0.355 e. The number of hydrogen-bond donors (Lipinski definition) is 2. The molecule has 0 radical (unpaired) electrons. The van der Waals surface area contributed by atoms with E-state index in [4.69, 9.17) is 0 Å². The number of thioether (sulfide) groups is 1. The molecule has 1 amide bonds. The molecule has 0 aromatic heterocycles. The Morgan fingerprint density at radius 3 is 2.52 bits per heavy atom. The molecule has 0 bridgehead atoms. The number of rotatable bonds is 7. The Kier molecular flexibility index (Phi) is 9.43. The highest BCUT2D eigenvalue weighted by molar-refractivity contribution is 7.99. The highest BCUT2D eigenvalue weighted by Crippen LogP contribution is 2.28. The first-order valence-corrected chi connectivity index (χ1v) is 12.8. The number of amides is 1. The minimum Gasteiger partial charge on any atom is -0.355 e. The van der Waals surface area contributed by atoms with Gasteiger partial charge in [-0.05, 0) is 37.9 Å². The topological polar surface area (TPSA) is 60.0 Å². The highest BCUT2D eigenvalue weighted by Gasteiger charge is 2.29. The van der Waals surface area contributed by atoms with E-state index in [1.54, 1.807) is 0 Å². The molecule has 2 saturated carbocycles. The number of carbonyl (C=O) groups is 1. The molecule has 0 aromatic rings. The van der Waals surface area contributed by atoms with Crippen LogP contribution in [0.3, 0.4) is 0 Å². The first-order valence-electron chi connectivity index (χ1n) is 11.8. The Morgan fingerprint density at radius 1 is 1.07 bits per heavy atom.